The van der Waals surface area contributed by atoms with Gasteiger partial charge in [0.1, 0.15) is 11.1 Å². The quantitative estimate of drug-likeness (QED) is 0.504. The van der Waals surface area contributed by atoms with Gasteiger partial charge < -0.3 is 24.0 Å². The lowest BCUT2D eigenvalue weighted by atomic mass is 9.90. The standard InChI is InChI=1S/C21H28N2O8/c1-3-29-18(27)20-6-5-16(25)22(20)11-15(9-20)31-12-13-7-21(19(28)30-4-2)8-14(24)10-23(21)17(13)26/h13,15H,3-12H2,1-2H3. The Balaban J connectivity index is 1.43. The van der Waals surface area contributed by atoms with Crippen LogP contribution in [0.15, 0.2) is 0 Å². The maximum absolute atomic E-state index is 12.9. The number of esters is 2. The third-order valence-corrected chi connectivity index (χ3v) is 6.91. The Hall–Kier alpha value is -2.49. The number of ether oxygens (including phenoxy) is 3. The number of hydrogen-bond donors (Lipinski definition) is 0. The minimum Gasteiger partial charge on any atom is -0.464 e. The molecule has 0 spiro atoms. The Morgan fingerprint density at radius 1 is 1.00 bits per heavy atom. The van der Waals surface area contributed by atoms with Gasteiger partial charge in [0.2, 0.25) is 11.8 Å². The normalized spacial score (nSPS) is 34.3. The van der Waals surface area contributed by atoms with Crippen LogP contribution in [0.5, 0.6) is 0 Å². The van der Waals surface area contributed by atoms with Gasteiger partial charge in [-0.2, -0.15) is 0 Å². The molecule has 4 saturated heterocycles. The number of amides is 2. The van der Waals surface area contributed by atoms with E-state index in [1.54, 1.807) is 18.7 Å². The maximum Gasteiger partial charge on any atom is 0.332 e. The van der Waals surface area contributed by atoms with Gasteiger partial charge in [-0.15, -0.1) is 0 Å². The first kappa shape index (κ1) is 21.7. The van der Waals surface area contributed by atoms with Crippen molar-refractivity contribution in [2.45, 2.75) is 63.1 Å². The van der Waals surface area contributed by atoms with E-state index in [9.17, 15) is 24.0 Å². The van der Waals surface area contributed by atoms with E-state index >= 15 is 0 Å². The maximum atomic E-state index is 12.9. The number of nitrogens with zero attached hydrogens (tertiary/aromatic N) is 2. The lowest BCUT2D eigenvalue weighted by Gasteiger charge is -2.28. The first-order chi connectivity index (χ1) is 14.8. The molecule has 31 heavy (non-hydrogen) atoms. The highest BCUT2D eigenvalue weighted by Crippen LogP contribution is 2.44. The van der Waals surface area contributed by atoms with Gasteiger partial charge in [0, 0.05) is 25.8 Å². The van der Waals surface area contributed by atoms with Crippen LogP contribution in [0, 0.1) is 5.92 Å². The second-order valence-electron chi connectivity index (χ2n) is 8.71. The summed E-state index contributed by atoms with van der Waals surface area (Å²) >= 11 is 0. The Bertz CT molecular complexity index is 828. The molecule has 10 heteroatoms. The molecular formula is C21H28N2O8. The van der Waals surface area contributed by atoms with Gasteiger partial charge in [-0.1, -0.05) is 0 Å². The first-order valence-electron chi connectivity index (χ1n) is 10.9. The molecule has 0 aromatic heterocycles. The second-order valence-corrected chi connectivity index (χ2v) is 8.71. The molecule has 4 heterocycles. The molecule has 2 amide bonds. The topological polar surface area (TPSA) is 120 Å². The van der Waals surface area contributed by atoms with Gasteiger partial charge in [0.25, 0.3) is 0 Å². The average molecular weight is 436 g/mol. The van der Waals surface area contributed by atoms with E-state index in [0.29, 0.717) is 19.3 Å². The lowest BCUT2D eigenvalue weighted by Crippen LogP contribution is -2.48. The van der Waals surface area contributed by atoms with E-state index in [4.69, 9.17) is 14.2 Å². The Morgan fingerprint density at radius 3 is 2.35 bits per heavy atom. The number of carbonyl (C=O) groups excluding carboxylic acids is 5. The van der Waals surface area contributed by atoms with Crippen molar-refractivity contribution < 1.29 is 38.2 Å². The highest BCUT2D eigenvalue weighted by atomic mass is 16.5. The summed E-state index contributed by atoms with van der Waals surface area (Å²) in [5.41, 5.74) is -2.23. The van der Waals surface area contributed by atoms with Crippen LogP contribution in [0.2, 0.25) is 0 Å². The van der Waals surface area contributed by atoms with E-state index < -0.39 is 35.0 Å². The van der Waals surface area contributed by atoms with Gasteiger partial charge >= 0.3 is 11.9 Å². The zero-order valence-electron chi connectivity index (χ0n) is 17.9. The Kier molecular flexibility index (Phi) is 5.53. The molecule has 4 fully saturated rings. The van der Waals surface area contributed by atoms with Crippen LogP contribution < -0.4 is 0 Å². The van der Waals surface area contributed by atoms with Gasteiger partial charge in [0.05, 0.1) is 38.4 Å². The molecule has 0 bridgehead atoms. The highest BCUT2D eigenvalue weighted by molar-refractivity contribution is 6.03. The predicted octanol–water partition coefficient (Wildman–Crippen LogP) is -0.177. The SMILES string of the molecule is CCOC(=O)C12CCC(=O)N1CC(OCC1CC3(C(=O)OCC)CC(=O)CN3C1=O)C2. The van der Waals surface area contributed by atoms with Crippen LogP contribution in [-0.2, 0) is 38.2 Å². The minimum absolute atomic E-state index is 0.0360. The van der Waals surface area contributed by atoms with Crippen LogP contribution in [0.1, 0.15) is 46.0 Å². The van der Waals surface area contributed by atoms with Crippen LogP contribution >= 0.6 is 0 Å². The van der Waals surface area contributed by atoms with Crippen molar-refractivity contribution in [3.8, 4) is 0 Å². The molecule has 0 aromatic rings. The summed E-state index contributed by atoms with van der Waals surface area (Å²) in [5, 5.41) is 0. The third-order valence-electron chi connectivity index (χ3n) is 6.91. The minimum atomic E-state index is -1.24. The molecular weight excluding hydrogens is 408 g/mol. The van der Waals surface area contributed by atoms with Crippen molar-refractivity contribution in [1.82, 2.24) is 9.80 Å². The molecule has 4 atom stereocenters. The van der Waals surface area contributed by atoms with Crippen LogP contribution in [0.3, 0.4) is 0 Å². The van der Waals surface area contributed by atoms with Crippen molar-refractivity contribution >= 4 is 29.5 Å². The average Bonchev–Trinajstić information content (AvgIpc) is 3.42. The number of fused-ring (bicyclic) bond motifs is 2. The Labute approximate surface area is 180 Å². The fourth-order valence-electron chi connectivity index (χ4n) is 5.53. The van der Waals surface area contributed by atoms with Gasteiger partial charge in [0.15, 0.2) is 5.78 Å². The van der Waals surface area contributed by atoms with E-state index in [-0.39, 0.29) is 63.3 Å². The summed E-state index contributed by atoms with van der Waals surface area (Å²) in [6.07, 6.45) is 0.744. The van der Waals surface area contributed by atoms with Crippen molar-refractivity contribution in [3.63, 3.8) is 0 Å². The van der Waals surface area contributed by atoms with Gasteiger partial charge in [-0.25, -0.2) is 9.59 Å². The second kappa shape index (κ2) is 7.89. The molecule has 4 rings (SSSR count). The summed E-state index contributed by atoms with van der Waals surface area (Å²) in [6.45, 7) is 4.03. The first-order valence-corrected chi connectivity index (χ1v) is 10.9. The molecule has 4 aliphatic heterocycles. The summed E-state index contributed by atoms with van der Waals surface area (Å²) in [6, 6.07) is 0. The predicted molar refractivity (Wildman–Crippen MR) is 103 cm³/mol. The molecule has 4 aliphatic rings. The number of carbonyl (C=O) groups is 5. The van der Waals surface area contributed by atoms with Crippen molar-refractivity contribution in [2.24, 2.45) is 5.92 Å². The number of Topliss-reactive ketones (excluding diaryl/α,β-unsaturated/α-hetero) is 1. The molecule has 0 saturated carbocycles. The molecule has 0 aliphatic carbocycles. The number of hydrogen-bond acceptors (Lipinski definition) is 8. The smallest absolute Gasteiger partial charge is 0.332 e. The third kappa shape index (κ3) is 3.31. The van der Waals surface area contributed by atoms with E-state index in [2.05, 4.69) is 0 Å². The fraction of sp³-hybridized carbons (Fsp3) is 0.762. The monoisotopic (exact) mass is 436 g/mol. The number of rotatable bonds is 7. The summed E-state index contributed by atoms with van der Waals surface area (Å²) < 4.78 is 16.4. The van der Waals surface area contributed by atoms with Crippen LogP contribution in [-0.4, -0.2) is 89.4 Å². The van der Waals surface area contributed by atoms with Crippen molar-refractivity contribution in [3.05, 3.63) is 0 Å². The summed E-state index contributed by atoms with van der Waals surface area (Å²) in [7, 11) is 0. The summed E-state index contributed by atoms with van der Waals surface area (Å²) in [5.74, 6) is -2.10. The number of ketones is 1. The zero-order valence-corrected chi connectivity index (χ0v) is 17.9. The summed E-state index contributed by atoms with van der Waals surface area (Å²) in [4.78, 5) is 65.2. The van der Waals surface area contributed by atoms with Gasteiger partial charge in [-0.3, -0.25) is 14.4 Å². The lowest BCUT2D eigenvalue weighted by molar-refractivity contribution is -0.157. The Morgan fingerprint density at radius 2 is 1.68 bits per heavy atom. The molecule has 0 N–H and O–H groups in total. The van der Waals surface area contributed by atoms with E-state index in [1.165, 1.54) is 4.90 Å². The molecule has 0 radical (unpaired) electrons. The van der Waals surface area contributed by atoms with Crippen molar-refractivity contribution in [2.75, 3.05) is 32.9 Å². The van der Waals surface area contributed by atoms with Crippen LogP contribution in [0.4, 0.5) is 0 Å². The zero-order chi connectivity index (χ0) is 22.4. The highest BCUT2D eigenvalue weighted by Gasteiger charge is 2.62. The molecule has 10 nitrogen and oxygen atoms in total. The largest absolute Gasteiger partial charge is 0.464 e. The fourth-order valence-corrected chi connectivity index (χ4v) is 5.53. The van der Waals surface area contributed by atoms with E-state index in [1.807, 2.05) is 0 Å². The molecule has 4 unspecified atom stereocenters. The molecule has 0 aromatic carbocycles. The van der Waals surface area contributed by atoms with Gasteiger partial charge in [-0.05, 0) is 26.7 Å². The van der Waals surface area contributed by atoms with E-state index in [0.717, 1.165) is 0 Å². The van der Waals surface area contributed by atoms with Crippen molar-refractivity contribution in [1.29, 1.82) is 0 Å². The van der Waals surface area contributed by atoms with Crippen LogP contribution in [0.25, 0.3) is 0 Å². The molecule has 170 valence electrons.